The molecule has 0 spiro atoms. The van der Waals surface area contributed by atoms with Gasteiger partial charge in [0.25, 0.3) is 0 Å². The molecule has 0 aromatic heterocycles. The highest BCUT2D eigenvalue weighted by Crippen LogP contribution is 2.41. The van der Waals surface area contributed by atoms with Crippen LogP contribution in [0.15, 0.2) is 22.7 Å². The predicted molar refractivity (Wildman–Crippen MR) is 72.7 cm³/mol. The molecule has 2 rings (SSSR count). The molecule has 0 bridgehead atoms. The van der Waals surface area contributed by atoms with Gasteiger partial charge in [-0.25, -0.2) is 0 Å². The van der Waals surface area contributed by atoms with Crippen molar-refractivity contribution >= 4 is 21.6 Å². The van der Waals surface area contributed by atoms with E-state index in [0.29, 0.717) is 18.0 Å². The number of anilines is 1. The number of hydrogen-bond acceptors (Lipinski definition) is 3. The SMILES string of the molecule is CC(CN)(Nc1cccc(Br)c1C#N)C1CC1. The highest BCUT2D eigenvalue weighted by atomic mass is 79.9. The summed E-state index contributed by atoms with van der Waals surface area (Å²) in [7, 11) is 0. The minimum Gasteiger partial charge on any atom is -0.377 e. The summed E-state index contributed by atoms with van der Waals surface area (Å²) in [6.45, 7) is 2.71. The standard InChI is InChI=1S/C13H16BrN3/c1-13(8-16,9-5-6-9)17-12-4-2-3-11(14)10(12)7-15/h2-4,9,17H,5-6,8,16H2,1H3. The molecule has 1 aromatic rings. The smallest absolute Gasteiger partial charge is 0.103 e. The van der Waals surface area contributed by atoms with Crippen molar-refractivity contribution in [2.45, 2.75) is 25.3 Å². The Kier molecular flexibility index (Phi) is 3.41. The normalized spacial score (nSPS) is 18.2. The Hall–Kier alpha value is -1.05. The van der Waals surface area contributed by atoms with E-state index in [1.807, 2.05) is 18.2 Å². The van der Waals surface area contributed by atoms with E-state index in [0.717, 1.165) is 10.2 Å². The fourth-order valence-electron chi connectivity index (χ4n) is 2.09. The van der Waals surface area contributed by atoms with Crippen LogP contribution >= 0.6 is 15.9 Å². The molecular weight excluding hydrogens is 278 g/mol. The Morgan fingerprint density at radius 1 is 1.59 bits per heavy atom. The maximum absolute atomic E-state index is 9.17. The molecule has 1 atom stereocenters. The molecule has 0 saturated heterocycles. The molecule has 90 valence electrons. The molecule has 3 nitrogen and oxygen atoms in total. The van der Waals surface area contributed by atoms with Gasteiger partial charge in [0.1, 0.15) is 6.07 Å². The summed E-state index contributed by atoms with van der Waals surface area (Å²) in [5, 5.41) is 12.6. The van der Waals surface area contributed by atoms with Gasteiger partial charge in [-0.05, 0) is 53.7 Å². The summed E-state index contributed by atoms with van der Waals surface area (Å²) in [6.07, 6.45) is 2.44. The van der Waals surface area contributed by atoms with E-state index in [9.17, 15) is 5.26 Å². The summed E-state index contributed by atoms with van der Waals surface area (Å²) in [5.74, 6) is 0.623. The maximum atomic E-state index is 9.17. The fourth-order valence-corrected chi connectivity index (χ4v) is 2.54. The molecule has 0 aliphatic heterocycles. The zero-order valence-electron chi connectivity index (χ0n) is 9.83. The van der Waals surface area contributed by atoms with Crippen molar-refractivity contribution in [3.05, 3.63) is 28.2 Å². The Labute approximate surface area is 110 Å². The lowest BCUT2D eigenvalue weighted by atomic mass is 9.95. The second kappa shape index (κ2) is 4.67. The monoisotopic (exact) mass is 293 g/mol. The zero-order valence-corrected chi connectivity index (χ0v) is 11.4. The minimum absolute atomic E-state index is 0.105. The maximum Gasteiger partial charge on any atom is 0.103 e. The van der Waals surface area contributed by atoms with Crippen LogP contribution in [-0.2, 0) is 0 Å². The van der Waals surface area contributed by atoms with Crippen molar-refractivity contribution in [2.75, 3.05) is 11.9 Å². The van der Waals surface area contributed by atoms with Crippen LogP contribution in [0.2, 0.25) is 0 Å². The molecule has 0 radical (unpaired) electrons. The number of nitrogens with two attached hydrogens (primary N) is 1. The molecule has 1 unspecified atom stereocenters. The first-order valence-corrected chi connectivity index (χ1v) is 6.57. The van der Waals surface area contributed by atoms with Gasteiger partial charge in [0.15, 0.2) is 0 Å². The highest BCUT2D eigenvalue weighted by molar-refractivity contribution is 9.10. The molecule has 0 amide bonds. The van der Waals surface area contributed by atoms with Crippen LogP contribution in [0.1, 0.15) is 25.3 Å². The van der Waals surface area contributed by atoms with Gasteiger partial charge < -0.3 is 11.1 Å². The summed E-state index contributed by atoms with van der Waals surface area (Å²) in [4.78, 5) is 0. The van der Waals surface area contributed by atoms with Crippen molar-refractivity contribution in [2.24, 2.45) is 11.7 Å². The van der Waals surface area contributed by atoms with Crippen molar-refractivity contribution in [1.82, 2.24) is 0 Å². The predicted octanol–water partition coefficient (Wildman–Crippen LogP) is 2.86. The minimum atomic E-state index is -0.105. The first kappa shape index (κ1) is 12.4. The Morgan fingerprint density at radius 3 is 2.82 bits per heavy atom. The number of rotatable bonds is 4. The van der Waals surface area contributed by atoms with Gasteiger partial charge >= 0.3 is 0 Å². The average molecular weight is 294 g/mol. The molecule has 1 fully saturated rings. The van der Waals surface area contributed by atoms with E-state index in [4.69, 9.17) is 5.73 Å². The third-order valence-electron chi connectivity index (χ3n) is 3.45. The average Bonchev–Trinajstić information content (AvgIpc) is 3.13. The number of nitrogens with zero attached hydrogens (tertiary/aromatic N) is 1. The van der Waals surface area contributed by atoms with Gasteiger partial charge in [-0.15, -0.1) is 0 Å². The molecule has 1 saturated carbocycles. The van der Waals surface area contributed by atoms with E-state index in [1.165, 1.54) is 12.8 Å². The van der Waals surface area contributed by atoms with Gasteiger partial charge in [0, 0.05) is 16.6 Å². The lowest BCUT2D eigenvalue weighted by molar-refractivity contribution is 0.459. The lowest BCUT2D eigenvalue weighted by Crippen LogP contribution is -2.44. The fraction of sp³-hybridized carbons (Fsp3) is 0.462. The Morgan fingerprint density at radius 2 is 2.29 bits per heavy atom. The first-order valence-electron chi connectivity index (χ1n) is 5.77. The van der Waals surface area contributed by atoms with Gasteiger partial charge in [0.2, 0.25) is 0 Å². The highest BCUT2D eigenvalue weighted by Gasteiger charge is 2.40. The van der Waals surface area contributed by atoms with Crippen LogP contribution < -0.4 is 11.1 Å². The molecular formula is C13H16BrN3. The van der Waals surface area contributed by atoms with Crippen molar-refractivity contribution in [3.8, 4) is 6.07 Å². The van der Waals surface area contributed by atoms with E-state index in [1.54, 1.807) is 0 Å². The topological polar surface area (TPSA) is 61.8 Å². The van der Waals surface area contributed by atoms with Crippen LogP contribution in [0.4, 0.5) is 5.69 Å². The van der Waals surface area contributed by atoms with Gasteiger partial charge in [0.05, 0.1) is 11.3 Å². The molecule has 0 heterocycles. The van der Waals surface area contributed by atoms with Crippen molar-refractivity contribution in [3.63, 3.8) is 0 Å². The van der Waals surface area contributed by atoms with E-state index < -0.39 is 0 Å². The van der Waals surface area contributed by atoms with Gasteiger partial charge in [-0.3, -0.25) is 0 Å². The molecule has 3 N–H and O–H groups in total. The largest absolute Gasteiger partial charge is 0.377 e. The van der Waals surface area contributed by atoms with Crippen LogP contribution in [0.3, 0.4) is 0 Å². The van der Waals surface area contributed by atoms with E-state index in [-0.39, 0.29) is 5.54 Å². The van der Waals surface area contributed by atoms with Crippen LogP contribution in [0.25, 0.3) is 0 Å². The second-order valence-corrected chi connectivity index (χ2v) is 5.65. The number of halogens is 1. The number of hydrogen-bond donors (Lipinski definition) is 2. The summed E-state index contributed by atoms with van der Waals surface area (Å²) >= 11 is 3.40. The van der Waals surface area contributed by atoms with Gasteiger partial charge in [-0.1, -0.05) is 6.07 Å². The Bertz CT molecular complexity index is 462. The Balaban J connectivity index is 2.29. The van der Waals surface area contributed by atoms with Crippen LogP contribution in [-0.4, -0.2) is 12.1 Å². The van der Waals surface area contributed by atoms with E-state index >= 15 is 0 Å². The molecule has 4 heteroatoms. The summed E-state index contributed by atoms with van der Waals surface area (Å²) in [6, 6.07) is 7.95. The second-order valence-electron chi connectivity index (χ2n) is 4.80. The molecule has 1 aliphatic rings. The van der Waals surface area contributed by atoms with Crippen molar-refractivity contribution < 1.29 is 0 Å². The summed E-state index contributed by atoms with van der Waals surface area (Å²) in [5.41, 5.74) is 7.27. The quantitative estimate of drug-likeness (QED) is 0.897. The first-order chi connectivity index (χ1) is 8.10. The molecule has 1 aromatic carbocycles. The zero-order chi connectivity index (χ0) is 12.5. The van der Waals surface area contributed by atoms with E-state index in [2.05, 4.69) is 34.2 Å². The van der Waals surface area contributed by atoms with Crippen LogP contribution in [0, 0.1) is 17.2 Å². The summed E-state index contributed by atoms with van der Waals surface area (Å²) < 4.78 is 0.820. The third-order valence-corrected chi connectivity index (χ3v) is 4.11. The van der Waals surface area contributed by atoms with Crippen molar-refractivity contribution in [1.29, 1.82) is 5.26 Å². The number of nitriles is 1. The lowest BCUT2D eigenvalue weighted by Gasteiger charge is -2.31. The molecule has 1 aliphatic carbocycles. The van der Waals surface area contributed by atoms with Crippen LogP contribution in [0.5, 0.6) is 0 Å². The molecule has 17 heavy (non-hydrogen) atoms. The van der Waals surface area contributed by atoms with Gasteiger partial charge in [-0.2, -0.15) is 5.26 Å². The number of nitrogens with one attached hydrogen (secondary N) is 1. The third kappa shape index (κ3) is 2.46. The number of benzene rings is 1.